The minimum Gasteiger partial charge on any atom is -0.491 e. The fourth-order valence-electron chi connectivity index (χ4n) is 2.50. The van der Waals surface area contributed by atoms with Crippen LogP contribution in [0.1, 0.15) is 17.3 Å². The molecule has 8 heteroatoms. The number of aromatic nitrogens is 1. The highest BCUT2D eigenvalue weighted by molar-refractivity contribution is 7.93. The molecular formula is C19H18N2O4S2. The number of Topliss-reactive ketones (excluding diaryl/α,β-unsaturated/α-hetero) is 1. The number of sulfonamides is 1. The number of para-hydroxylation sites is 1. The maximum atomic E-state index is 13.0. The Morgan fingerprint density at radius 1 is 1.11 bits per heavy atom. The van der Waals surface area contributed by atoms with Gasteiger partial charge in [0.15, 0.2) is 10.9 Å². The van der Waals surface area contributed by atoms with E-state index in [1.54, 1.807) is 66.2 Å². The van der Waals surface area contributed by atoms with Crippen LogP contribution >= 0.6 is 11.3 Å². The van der Waals surface area contributed by atoms with Crippen LogP contribution in [-0.4, -0.2) is 32.3 Å². The average molecular weight is 402 g/mol. The van der Waals surface area contributed by atoms with Gasteiger partial charge < -0.3 is 4.74 Å². The number of carbonyl (C=O) groups excluding carboxylic acids is 1. The van der Waals surface area contributed by atoms with Crippen molar-refractivity contribution in [2.75, 3.05) is 17.5 Å². The van der Waals surface area contributed by atoms with E-state index in [4.69, 9.17) is 4.74 Å². The summed E-state index contributed by atoms with van der Waals surface area (Å²) in [7, 11) is -3.77. The Morgan fingerprint density at radius 2 is 1.81 bits per heavy atom. The Kier molecular flexibility index (Phi) is 5.88. The number of anilines is 1. The third kappa shape index (κ3) is 4.35. The maximum absolute atomic E-state index is 13.0. The first-order valence-corrected chi connectivity index (χ1v) is 10.5. The first-order valence-electron chi connectivity index (χ1n) is 8.20. The summed E-state index contributed by atoms with van der Waals surface area (Å²) in [5.74, 6) is 0.320. The monoisotopic (exact) mass is 402 g/mol. The van der Waals surface area contributed by atoms with Crippen LogP contribution in [0.3, 0.4) is 0 Å². The van der Waals surface area contributed by atoms with Crippen LogP contribution in [-0.2, 0) is 10.0 Å². The van der Waals surface area contributed by atoms with Gasteiger partial charge in [-0.2, -0.15) is 0 Å². The first kappa shape index (κ1) is 19.1. The SMILES string of the molecule is CC(=O)c1ccccc1OCCN(c1nccs1)S(=O)(=O)c1ccccc1. The Balaban J connectivity index is 1.82. The molecule has 2 aromatic carbocycles. The molecule has 0 amide bonds. The molecule has 0 radical (unpaired) electrons. The number of rotatable bonds is 8. The van der Waals surface area contributed by atoms with E-state index in [0.29, 0.717) is 16.4 Å². The Morgan fingerprint density at radius 3 is 2.48 bits per heavy atom. The number of ketones is 1. The smallest absolute Gasteiger partial charge is 0.266 e. The Labute approximate surface area is 162 Å². The van der Waals surface area contributed by atoms with Gasteiger partial charge in [-0.1, -0.05) is 30.3 Å². The normalized spacial score (nSPS) is 11.1. The van der Waals surface area contributed by atoms with Gasteiger partial charge in [-0.05, 0) is 31.2 Å². The molecule has 0 aliphatic heterocycles. The zero-order valence-electron chi connectivity index (χ0n) is 14.6. The molecule has 0 bridgehead atoms. The summed E-state index contributed by atoms with van der Waals surface area (Å²) in [4.78, 5) is 16.0. The lowest BCUT2D eigenvalue weighted by atomic mass is 10.1. The van der Waals surface area contributed by atoms with Crippen molar-refractivity contribution >= 4 is 32.3 Å². The zero-order chi connectivity index (χ0) is 19.3. The molecule has 0 aliphatic rings. The highest BCUT2D eigenvalue weighted by Crippen LogP contribution is 2.25. The second-order valence-electron chi connectivity index (χ2n) is 5.61. The topological polar surface area (TPSA) is 76.6 Å². The molecule has 3 rings (SSSR count). The van der Waals surface area contributed by atoms with E-state index < -0.39 is 10.0 Å². The van der Waals surface area contributed by atoms with Crippen molar-refractivity contribution in [2.24, 2.45) is 0 Å². The lowest BCUT2D eigenvalue weighted by Crippen LogP contribution is -2.34. The largest absolute Gasteiger partial charge is 0.491 e. The molecule has 0 fully saturated rings. The number of thiazole rings is 1. The van der Waals surface area contributed by atoms with E-state index in [2.05, 4.69) is 4.98 Å². The lowest BCUT2D eigenvalue weighted by molar-refractivity contribution is 0.101. The molecule has 0 atom stereocenters. The molecule has 27 heavy (non-hydrogen) atoms. The van der Waals surface area contributed by atoms with Crippen LogP contribution in [0.5, 0.6) is 5.75 Å². The van der Waals surface area contributed by atoms with Crippen molar-refractivity contribution in [2.45, 2.75) is 11.8 Å². The van der Waals surface area contributed by atoms with Crippen LogP contribution in [0.25, 0.3) is 0 Å². The second-order valence-corrected chi connectivity index (χ2v) is 8.34. The summed E-state index contributed by atoms with van der Waals surface area (Å²) in [5.41, 5.74) is 0.462. The highest BCUT2D eigenvalue weighted by Gasteiger charge is 2.26. The van der Waals surface area contributed by atoms with Crippen molar-refractivity contribution < 1.29 is 17.9 Å². The predicted octanol–water partition coefficient (Wildman–Crippen LogP) is 3.62. The zero-order valence-corrected chi connectivity index (χ0v) is 16.2. The summed E-state index contributed by atoms with van der Waals surface area (Å²) in [5, 5.41) is 2.08. The van der Waals surface area contributed by atoms with E-state index in [1.807, 2.05) is 0 Å². The molecule has 0 saturated heterocycles. The van der Waals surface area contributed by atoms with Crippen molar-refractivity contribution in [3.63, 3.8) is 0 Å². The fraction of sp³-hybridized carbons (Fsp3) is 0.158. The van der Waals surface area contributed by atoms with Gasteiger partial charge in [-0.15, -0.1) is 11.3 Å². The molecule has 0 spiro atoms. The first-order chi connectivity index (χ1) is 13.0. The van der Waals surface area contributed by atoms with Gasteiger partial charge in [-0.3, -0.25) is 4.79 Å². The van der Waals surface area contributed by atoms with Gasteiger partial charge in [0.05, 0.1) is 17.0 Å². The molecule has 140 valence electrons. The molecular weight excluding hydrogens is 384 g/mol. The molecule has 0 unspecified atom stereocenters. The van der Waals surface area contributed by atoms with Gasteiger partial charge in [0, 0.05) is 11.6 Å². The molecule has 3 aromatic rings. The standard InChI is InChI=1S/C19H18N2O4S2/c1-15(22)17-9-5-6-10-18(17)25-13-12-21(19-20-11-14-26-19)27(23,24)16-7-3-2-4-8-16/h2-11,14H,12-13H2,1H3. The van der Waals surface area contributed by atoms with Crippen molar-refractivity contribution in [3.8, 4) is 5.75 Å². The summed E-state index contributed by atoms with van der Waals surface area (Å²) in [6.45, 7) is 1.61. The van der Waals surface area contributed by atoms with E-state index in [-0.39, 0.29) is 23.8 Å². The van der Waals surface area contributed by atoms with Gasteiger partial charge in [-0.25, -0.2) is 17.7 Å². The highest BCUT2D eigenvalue weighted by atomic mass is 32.2. The van der Waals surface area contributed by atoms with Gasteiger partial charge >= 0.3 is 0 Å². The van der Waals surface area contributed by atoms with Crippen LogP contribution in [0.15, 0.2) is 71.1 Å². The van der Waals surface area contributed by atoms with E-state index in [0.717, 1.165) is 0 Å². The lowest BCUT2D eigenvalue weighted by Gasteiger charge is -2.22. The van der Waals surface area contributed by atoms with E-state index in [9.17, 15) is 13.2 Å². The number of nitrogens with zero attached hydrogens (tertiary/aromatic N) is 2. The van der Waals surface area contributed by atoms with Crippen molar-refractivity contribution in [3.05, 3.63) is 71.7 Å². The Hall–Kier alpha value is -2.71. The minimum atomic E-state index is -3.77. The molecule has 1 aromatic heterocycles. The molecule has 6 nitrogen and oxygen atoms in total. The number of ether oxygens (including phenoxy) is 1. The summed E-state index contributed by atoms with van der Waals surface area (Å²) in [6.07, 6.45) is 1.55. The van der Waals surface area contributed by atoms with Crippen LogP contribution < -0.4 is 9.04 Å². The number of benzene rings is 2. The van der Waals surface area contributed by atoms with Gasteiger partial charge in [0.2, 0.25) is 0 Å². The molecule has 0 aliphatic carbocycles. The summed E-state index contributed by atoms with van der Waals surface area (Å²) >= 11 is 1.23. The van der Waals surface area contributed by atoms with Crippen molar-refractivity contribution in [1.29, 1.82) is 0 Å². The second kappa shape index (κ2) is 8.32. The van der Waals surface area contributed by atoms with Crippen LogP contribution in [0, 0.1) is 0 Å². The van der Waals surface area contributed by atoms with Crippen LogP contribution in [0.4, 0.5) is 5.13 Å². The minimum absolute atomic E-state index is 0.0664. The molecule has 0 N–H and O–H groups in total. The third-order valence-corrected chi connectivity index (χ3v) is 6.50. The summed E-state index contributed by atoms with van der Waals surface area (Å²) in [6, 6.07) is 15.1. The molecule has 1 heterocycles. The third-order valence-electron chi connectivity index (χ3n) is 3.78. The van der Waals surface area contributed by atoms with Crippen molar-refractivity contribution in [1.82, 2.24) is 4.98 Å². The maximum Gasteiger partial charge on any atom is 0.266 e. The molecule has 0 saturated carbocycles. The fourth-order valence-corrected chi connectivity index (χ4v) is 4.82. The number of carbonyl (C=O) groups is 1. The Bertz CT molecular complexity index is 1000. The van der Waals surface area contributed by atoms with Gasteiger partial charge in [0.1, 0.15) is 12.4 Å². The van der Waals surface area contributed by atoms with Crippen LogP contribution in [0.2, 0.25) is 0 Å². The average Bonchev–Trinajstić information content (AvgIpc) is 3.20. The number of hydrogen-bond acceptors (Lipinski definition) is 6. The predicted molar refractivity (Wildman–Crippen MR) is 105 cm³/mol. The summed E-state index contributed by atoms with van der Waals surface area (Å²) < 4.78 is 33.0. The quantitative estimate of drug-likeness (QED) is 0.538. The number of hydrogen-bond donors (Lipinski definition) is 0. The van der Waals surface area contributed by atoms with Gasteiger partial charge in [0.25, 0.3) is 10.0 Å². The van der Waals surface area contributed by atoms with E-state index >= 15 is 0 Å². The van der Waals surface area contributed by atoms with E-state index in [1.165, 1.54) is 22.6 Å².